The van der Waals surface area contributed by atoms with Crippen molar-refractivity contribution in [3.05, 3.63) is 44.7 Å². The second-order valence-electron chi connectivity index (χ2n) is 3.97. The van der Waals surface area contributed by atoms with Crippen molar-refractivity contribution < 1.29 is 4.79 Å². The van der Waals surface area contributed by atoms with Gasteiger partial charge in [-0.25, -0.2) is 0 Å². The van der Waals surface area contributed by atoms with Crippen LogP contribution in [0.4, 0.5) is 10.7 Å². The zero-order chi connectivity index (χ0) is 14.7. The number of nitrogens with zero attached hydrogens (tertiary/aromatic N) is 1. The number of hydrogen-bond acceptors (Lipinski definition) is 5. The van der Waals surface area contributed by atoms with Gasteiger partial charge in [0.05, 0.1) is 5.69 Å². The van der Waals surface area contributed by atoms with Crippen LogP contribution in [0.2, 0.25) is 0 Å². The van der Waals surface area contributed by atoms with Gasteiger partial charge in [-0.3, -0.25) is 4.79 Å². The smallest absolute Gasteiger partial charge is 0.261 e. The predicted molar refractivity (Wildman–Crippen MR) is 83.4 cm³/mol. The first kappa shape index (κ1) is 14.4. The highest BCUT2D eigenvalue weighted by Gasteiger charge is 2.19. The van der Waals surface area contributed by atoms with Crippen LogP contribution in [0.3, 0.4) is 0 Å². The van der Waals surface area contributed by atoms with Gasteiger partial charge in [-0.05, 0) is 11.6 Å². The molecule has 1 amide bonds. The number of amides is 1. The lowest BCUT2D eigenvalue weighted by Crippen LogP contribution is -2.10. The molecule has 1 aromatic carbocycles. The molecule has 0 aliphatic rings. The molecule has 0 radical (unpaired) electrons. The Morgan fingerprint density at radius 1 is 1.45 bits per heavy atom. The van der Waals surface area contributed by atoms with E-state index in [0.717, 1.165) is 21.4 Å². The number of carbonyl (C=O) groups excluding carboxylic acids is 1. The third-order valence-corrected chi connectivity index (χ3v) is 4.63. The maximum absolute atomic E-state index is 11.2. The van der Waals surface area contributed by atoms with E-state index in [1.807, 2.05) is 30.3 Å². The van der Waals surface area contributed by atoms with Crippen molar-refractivity contribution in [1.82, 2.24) is 0 Å². The van der Waals surface area contributed by atoms with E-state index < -0.39 is 5.91 Å². The molecule has 0 saturated heterocycles. The lowest BCUT2D eigenvalue weighted by Gasteiger charge is -2.06. The van der Waals surface area contributed by atoms with Crippen molar-refractivity contribution in [2.24, 2.45) is 5.73 Å². The molecule has 0 spiro atoms. The van der Waals surface area contributed by atoms with Gasteiger partial charge < -0.3 is 16.8 Å². The van der Waals surface area contributed by atoms with E-state index in [0.29, 0.717) is 11.5 Å². The Balaban J connectivity index is 2.27. The summed E-state index contributed by atoms with van der Waals surface area (Å²) in [6.07, 6.45) is 0. The minimum Gasteiger partial charge on any atom is -0.396 e. The normalized spacial score (nSPS) is 10.0. The highest BCUT2D eigenvalue weighted by atomic mass is 79.9. The first-order chi connectivity index (χ1) is 9.54. The molecule has 0 saturated carbocycles. The summed E-state index contributed by atoms with van der Waals surface area (Å²) in [7, 11) is 0. The summed E-state index contributed by atoms with van der Waals surface area (Å²) >= 11 is 4.54. The fraction of sp³-hybridized carbons (Fsp3) is 0.0769. The Hall–Kier alpha value is -2.04. The van der Waals surface area contributed by atoms with E-state index in [1.54, 1.807) is 0 Å². The Labute approximate surface area is 128 Å². The quantitative estimate of drug-likeness (QED) is 0.787. The standard InChI is InChI=1S/C13H11BrN4OS/c14-9-4-2-1-3-7(9)6-18-13-8(5-15)10(16)11(20-13)12(17)19/h1-4,18H,6,16H2,(H2,17,19). The second-order valence-corrected chi connectivity index (χ2v) is 5.84. The Morgan fingerprint density at radius 3 is 2.75 bits per heavy atom. The molecule has 2 rings (SSSR count). The van der Waals surface area contributed by atoms with Crippen LogP contribution in [0.5, 0.6) is 0 Å². The molecule has 5 N–H and O–H groups in total. The molecule has 0 atom stereocenters. The van der Waals surface area contributed by atoms with Gasteiger partial charge in [0.2, 0.25) is 0 Å². The van der Waals surface area contributed by atoms with Crippen molar-refractivity contribution in [2.45, 2.75) is 6.54 Å². The Bertz CT molecular complexity index is 705. The van der Waals surface area contributed by atoms with E-state index in [9.17, 15) is 4.79 Å². The van der Waals surface area contributed by atoms with Gasteiger partial charge in [-0.2, -0.15) is 5.26 Å². The zero-order valence-corrected chi connectivity index (χ0v) is 12.7. The number of primary amides is 1. The predicted octanol–water partition coefficient (Wildman–Crippen LogP) is 2.68. The maximum atomic E-state index is 11.2. The van der Waals surface area contributed by atoms with Crippen LogP contribution >= 0.6 is 27.3 Å². The van der Waals surface area contributed by atoms with Crippen LogP contribution in [0.15, 0.2) is 28.7 Å². The number of benzene rings is 1. The topological polar surface area (TPSA) is 105 Å². The van der Waals surface area contributed by atoms with Gasteiger partial charge in [-0.15, -0.1) is 11.3 Å². The number of rotatable bonds is 4. The molecular formula is C13H11BrN4OS. The van der Waals surface area contributed by atoms with Crippen LogP contribution in [0.25, 0.3) is 0 Å². The van der Waals surface area contributed by atoms with E-state index in [-0.39, 0.29) is 16.1 Å². The third-order valence-electron chi connectivity index (χ3n) is 2.68. The summed E-state index contributed by atoms with van der Waals surface area (Å²) in [4.78, 5) is 11.4. The summed E-state index contributed by atoms with van der Waals surface area (Å²) in [6, 6.07) is 9.72. The van der Waals surface area contributed by atoms with Crippen molar-refractivity contribution in [3.63, 3.8) is 0 Å². The van der Waals surface area contributed by atoms with E-state index in [1.165, 1.54) is 0 Å². The van der Waals surface area contributed by atoms with Crippen molar-refractivity contribution in [1.29, 1.82) is 5.26 Å². The largest absolute Gasteiger partial charge is 0.396 e. The molecule has 102 valence electrons. The summed E-state index contributed by atoms with van der Waals surface area (Å²) in [5, 5.41) is 12.8. The first-order valence-electron chi connectivity index (χ1n) is 5.64. The van der Waals surface area contributed by atoms with Gasteiger partial charge in [0.25, 0.3) is 5.91 Å². The number of nitrogens with one attached hydrogen (secondary N) is 1. The highest BCUT2D eigenvalue weighted by molar-refractivity contribution is 9.10. The van der Waals surface area contributed by atoms with Crippen LogP contribution in [0, 0.1) is 11.3 Å². The molecule has 1 heterocycles. The molecule has 5 nitrogen and oxygen atoms in total. The third kappa shape index (κ3) is 2.76. The average molecular weight is 351 g/mol. The number of nitriles is 1. The van der Waals surface area contributed by atoms with Crippen LogP contribution < -0.4 is 16.8 Å². The number of halogens is 1. The summed E-state index contributed by atoms with van der Waals surface area (Å²) in [5.41, 5.74) is 12.4. The fourth-order valence-corrected chi connectivity index (χ4v) is 3.02. The maximum Gasteiger partial charge on any atom is 0.261 e. The highest BCUT2D eigenvalue weighted by Crippen LogP contribution is 2.35. The molecule has 7 heteroatoms. The molecule has 1 aromatic heterocycles. The average Bonchev–Trinajstić information content (AvgIpc) is 2.74. The SMILES string of the molecule is N#Cc1c(NCc2ccccc2Br)sc(C(N)=O)c1N. The number of nitrogens with two attached hydrogens (primary N) is 2. The first-order valence-corrected chi connectivity index (χ1v) is 7.25. The molecule has 0 unspecified atom stereocenters. The second kappa shape index (κ2) is 5.94. The Morgan fingerprint density at radius 2 is 2.15 bits per heavy atom. The zero-order valence-electron chi connectivity index (χ0n) is 10.3. The van der Waals surface area contributed by atoms with Gasteiger partial charge in [0.15, 0.2) is 0 Å². The minimum absolute atomic E-state index is 0.139. The molecule has 20 heavy (non-hydrogen) atoms. The number of hydrogen-bond donors (Lipinski definition) is 3. The number of anilines is 2. The van der Waals surface area contributed by atoms with Crippen LogP contribution in [-0.2, 0) is 6.54 Å². The lowest BCUT2D eigenvalue weighted by atomic mass is 10.2. The molecule has 0 fully saturated rings. The summed E-state index contributed by atoms with van der Waals surface area (Å²) in [6.45, 7) is 0.508. The molecular weight excluding hydrogens is 340 g/mol. The molecule has 0 aliphatic carbocycles. The molecule has 2 aromatic rings. The lowest BCUT2D eigenvalue weighted by molar-refractivity contribution is 0.100. The molecule has 0 aliphatic heterocycles. The van der Waals surface area contributed by atoms with Gasteiger partial charge >= 0.3 is 0 Å². The Kier molecular flexibility index (Phi) is 4.27. The van der Waals surface area contributed by atoms with E-state index in [2.05, 4.69) is 21.2 Å². The van der Waals surface area contributed by atoms with E-state index in [4.69, 9.17) is 16.7 Å². The van der Waals surface area contributed by atoms with Crippen molar-refractivity contribution in [2.75, 3.05) is 11.1 Å². The summed E-state index contributed by atoms with van der Waals surface area (Å²) in [5.74, 6) is -0.627. The van der Waals surface area contributed by atoms with E-state index >= 15 is 0 Å². The van der Waals surface area contributed by atoms with Gasteiger partial charge in [0, 0.05) is 11.0 Å². The minimum atomic E-state index is -0.627. The van der Waals surface area contributed by atoms with Gasteiger partial charge in [-0.1, -0.05) is 34.1 Å². The number of nitrogen functional groups attached to an aromatic ring is 1. The van der Waals surface area contributed by atoms with Crippen molar-refractivity contribution >= 4 is 43.9 Å². The summed E-state index contributed by atoms with van der Waals surface area (Å²) < 4.78 is 0.964. The molecule has 0 bridgehead atoms. The van der Waals surface area contributed by atoms with Crippen LogP contribution in [-0.4, -0.2) is 5.91 Å². The fourth-order valence-electron chi connectivity index (χ4n) is 1.68. The van der Waals surface area contributed by atoms with Gasteiger partial charge in [0.1, 0.15) is 21.5 Å². The number of thiophene rings is 1. The van der Waals surface area contributed by atoms with Crippen LogP contribution in [0.1, 0.15) is 20.8 Å². The van der Waals surface area contributed by atoms with Crippen molar-refractivity contribution in [3.8, 4) is 6.07 Å². The monoisotopic (exact) mass is 350 g/mol. The number of carbonyl (C=O) groups is 1.